The number of hydrogen-bond donors (Lipinski definition) is 1. The minimum atomic E-state index is -0.927. The first-order valence-corrected chi connectivity index (χ1v) is 6.00. The number of aryl methyl sites for hydroxylation is 1. The maximum absolute atomic E-state index is 11.1. The number of nitrogens with zero attached hydrogens (tertiary/aromatic N) is 2. The Kier molecular flexibility index (Phi) is 3.05. The van der Waals surface area contributed by atoms with Crippen LogP contribution in [0.15, 0.2) is 23.0 Å². The van der Waals surface area contributed by atoms with E-state index in [0.717, 1.165) is 18.5 Å². The highest BCUT2D eigenvalue weighted by atomic mass is 32.1. The Morgan fingerprint density at radius 3 is 3.00 bits per heavy atom. The number of aromatic carboxylic acids is 1. The molecule has 4 nitrogen and oxygen atoms in total. The van der Waals surface area contributed by atoms with Crippen LogP contribution in [0, 0.1) is 0 Å². The predicted octanol–water partition coefficient (Wildman–Crippen LogP) is 2.72. The van der Waals surface area contributed by atoms with Gasteiger partial charge in [-0.1, -0.05) is 6.92 Å². The molecule has 2 heterocycles. The minimum absolute atomic E-state index is 0.270. The summed E-state index contributed by atoms with van der Waals surface area (Å²) in [4.78, 5) is 11.1. The molecule has 0 aliphatic heterocycles. The first kappa shape index (κ1) is 10.9. The van der Waals surface area contributed by atoms with Crippen molar-refractivity contribution >= 4 is 17.3 Å². The minimum Gasteiger partial charge on any atom is -0.478 e. The molecule has 1 N–H and O–H groups in total. The highest BCUT2D eigenvalue weighted by molar-refractivity contribution is 7.08. The second-order valence-corrected chi connectivity index (χ2v) is 4.25. The monoisotopic (exact) mass is 236 g/mol. The number of carbonyl (C=O) groups is 1. The zero-order chi connectivity index (χ0) is 11.5. The summed E-state index contributed by atoms with van der Waals surface area (Å²) >= 11 is 1.54. The fraction of sp³-hybridized carbons (Fsp3) is 0.273. The largest absolute Gasteiger partial charge is 0.478 e. The number of hydrogen-bond acceptors (Lipinski definition) is 3. The van der Waals surface area contributed by atoms with E-state index in [4.69, 9.17) is 5.11 Å². The highest BCUT2D eigenvalue weighted by Crippen LogP contribution is 2.24. The molecule has 0 aliphatic carbocycles. The molecule has 0 amide bonds. The number of carboxylic acids is 1. The lowest BCUT2D eigenvalue weighted by molar-refractivity contribution is 0.0697. The van der Waals surface area contributed by atoms with Crippen LogP contribution in [0.2, 0.25) is 0 Å². The molecule has 0 spiro atoms. The Hall–Kier alpha value is -1.62. The van der Waals surface area contributed by atoms with Gasteiger partial charge < -0.3 is 5.11 Å². The molecule has 5 heteroatoms. The average Bonchev–Trinajstić information content (AvgIpc) is 2.83. The fourth-order valence-electron chi connectivity index (χ4n) is 1.53. The summed E-state index contributed by atoms with van der Waals surface area (Å²) in [5.74, 6) is -0.927. The van der Waals surface area contributed by atoms with E-state index in [9.17, 15) is 4.79 Å². The molecule has 0 unspecified atom stereocenters. The predicted molar refractivity (Wildman–Crippen MR) is 62.8 cm³/mol. The summed E-state index contributed by atoms with van der Waals surface area (Å²) in [5, 5.41) is 17.2. The normalized spacial score (nSPS) is 10.6. The third-order valence-corrected chi connectivity index (χ3v) is 2.92. The van der Waals surface area contributed by atoms with E-state index in [2.05, 4.69) is 5.10 Å². The maximum atomic E-state index is 11.1. The third-order valence-electron chi connectivity index (χ3n) is 2.24. The molecule has 2 aromatic heterocycles. The Balaban J connectivity index is 2.46. The summed E-state index contributed by atoms with van der Waals surface area (Å²) < 4.78 is 1.69. The van der Waals surface area contributed by atoms with Crippen molar-refractivity contribution in [2.75, 3.05) is 0 Å². The third kappa shape index (κ3) is 1.99. The Bertz CT molecular complexity index is 488. The van der Waals surface area contributed by atoms with Gasteiger partial charge in [0.15, 0.2) is 0 Å². The van der Waals surface area contributed by atoms with Crippen LogP contribution in [0.5, 0.6) is 0 Å². The van der Waals surface area contributed by atoms with E-state index >= 15 is 0 Å². The van der Waals surface area contributed by atoms with E-state index in [1.165, 1.54) is 11.3 Å². The van der Waals surface area contributed by atoms with Crippen LogP contribution in [0.25, 0.3) is 11.3 Å². The first-order valence-electron chi connectivity index (χ1n) is 5.05. The van der Waals surface area contributed by atoms with Gasteiger partial charge in [-0.3, -0.25) is 4.68 Å². The van der Waals surface area contributed by atoms with Crippen LogP contribution in [0.3, 0.4) is 0 Å². The van der Waals surface area contributed by atoms with Crippen LogP contribution in [0.4, 0.5) is 0 Å². The van der Waals surface area contributed by atoms with Gasteiger partial charge >= 0.3 is 5.97 Å². The van der Waals surface area contributed by atoms with Crippen LogP contribution >= 0.6 is 11.3 Å². The van der Waals surface area contributed by atoms with E-state index in [-0.39, 0.29) is 5.56 Å². The molecule has 0 saturated carbocycles. The van der Waals surface area contributed by atoms with Crippen LogP contribution < -0.4 is 0 Å². The van der Waals surface area contributed by atoms with Gasteiger partial charge in [0.05, 0.1) is 0 Å². The van der Waals surface area contributed by atoms with Crippen molar-refractivity contribution in [2.45, 2.75) is 19.9 Å². The Labute approximate surface area is 97.2 Å². The van der Waals surface area contributed by atoms with Crippen molar-refractivity contribution in [1.82, 2.24) is 9.78 Å². The molecule has 2 rings (SSSR count). The molecule has 84 valence electrons. The molecule has 2 aromatic rings. The van der Waals surface area contributed by atoms with Crippen molar-refractivity contribution in [1.29, 1.82) is 0 Å². The van der Waals surface area contributed by atoms with Crippen molar-refractivity contribution in [3.63, 3.8) is 0 Å². The second-order valence-electron chi connectivity index (χ2n) is 3.47. The quantitative estimate of drug-likeness (QED) is 0.888. The van der Waals surface area contributed by atoms with Gasteiger partial charge in [0.2, 0.25) is 0 Å². The molecule has 0 atom stereocenters. The lowest BCUT2D eigenvalue weighted by Gasteiger charge is -1.95. The molecule has 0 radical (unpaired) electrons. The second kappa shape index (κ2) is 4.49. The van der Waals surface area contributed by atoms with E-state index < -0.39 is 5.97 Å². The average molecular weight is 236 g/mol. The number of rotatable bonds is 4. The molecular formula is C11H12N2O2S. The van der Waals surface area contributed by atoms with Gasteiger partial charge in [0, 0.05) is 23.7 Å². The Morgan fingerprint density at radius 1 is 1.62 bits per heavy atom. The smallest absolute Gasteiger partial charge is 0.339 e. The van der Waals surface area contributed by atoms with E-state index in [1.807, 2.05) is 23.8 Å². The summed E-state index contributed by atoms with van der Waals surface area (Å²) in [5.41, 5.74) is 1.70. The lowest BCUT2D eigenvalue weighted by atomic mass is 10.1. The summed E-state index contributed by atoms with van der Waals surface area (Å²) in [7, 11) is 0. The van der Waals surface area contributed by atoms with Crippen LogP contribution in [-0.2, 0) is 6.54 Å². The molecule has 16 heavy (non-hydrogen) atoms. The standard InChI is InChI=1S/C11H12N2O2S/c1-2-4-13-6-9(11(14)15)10(12-13)8-3-5-16-7-8/h3,5-7H,2,4H2,1H3,(H,14,15). The van der Waals surface area contributed by atoms with Crippen LogP contribution in [-0.4, -0.2) is 20.9 Å². The molecule has 0 fully saturated rings. The summed E-state index contributed by atoms with van der Waals surface area (Å²) in [6.07, 6.45) is 2.53. The van der Waals surface area contributed by atoms with Gasteiger partial charge in [0.25, 0.3) is 0 Å². The lowest BCUT2D eigenvalue weighted by Crippen LogP contribution is -1.97. The fourth-order valence-corrected chi connectivity index (χ4v) is 2.17. The van der Waals surface area contributed by atoms with Crippen molar-refractivity contribution in [3.05, 3.63) is 28.6 Å². The molecular weight excluding hydrogens is 224 g/mol. The number of carboxylic acid groups (broad SMARTS) is 1. The van der Waals surface area contributed by atoms with Crippen LogP contribution in [0.1, 0.15) is 23.7 Å². The summed E-state index contributed by atoms with van der Waals surface area (Å²) in [6, 6.07) is 1.88. The zero-order valence-corrected chi connectivity index (χ0v) is 9.70. The summed E-state index contributed by atoms with van der Waals surface area (Å²) in [6.45, 7) is 2.77. The van der Waals surface area contributed by atoms with Gasteiger partial charge in [-0.05, 0) is 17.9 Å². The molecule has 0 bridgehead atoms. The van der Waals surface area contributed by atoms with Gasteiger partial charge in [0.1, 0.15) is 11.3 Å². The topological polar surface area (TPSA) is 55.1 Å². The Morgan fingerprint density at radius 2 is 2.44 bits per heavy atom. The maximum Gasteiger partial charge on any atom is 0.339 e. The first-order chi connectivity index (χ1) is 7.72. The van der Waals surface area contributed by atoms with E-state index in [0.29, 0.717) is 5.69 Å². The molecule has 0 aromatic carbocycles. The number of aromatic nitrogens is 2. The molecule has 0 aliphatic rings. The highest BCUT2D eigenvalue weighted by Gasteiger charge is 2.16. The van der Waals surface area contributed by atoms with Gasteiger partial charge in [-0.2, -0.15) is 16.4 Å². The van der Waals surface area contributed by atoms with Gasteiger partial charge in [-0.25, -0.2) is 4.79 Å². The van der Waals surface area contributed by atoms with Crippen molar-refractivity contribution in [3.8, 4) is 11.3 Å². The van der Waals surface area contributed by atoms with Crippen molar-refractivity contribution in [2.24, 2.45) is 0 Å². The molecule has 0 saturated heterocycles. The number of thiophene rings is 1. The van der Waals surface area contributed by atoms with Gasteiger partial charge in [-0.15, -0.1) is 0 Å². The van der Waals surface area contributed by atoms with Crippen molar-refractivity contribution < 1.29 is 9.90 Å². The van der Waals surface area contributed by atoms with E-state index in [1.54, 1.807) is 10.9 Å². The SMILES string of the molecule is CCCn1cc(C(=O)O)c(-c2ccsc2)n1. The zero-order valence-electron chi connectivity index (χ0n) is 8.88.